The molecule has 0 aliphatic carbocycles. The summed E-state index contributed by atoms with van der Waals surface area (Å²) in [4.78, 5) is 1.05. The smallest absolute Gasteiger partial charge is 0.0702 e. The fraction of sp³-hybridized carbons (Fsp3) is 0.250. The van der Waals surface area contributed by atoms with Gasteiger partial charge in [-0.3, -0.25) is 4.72 Å². The highest BCUT2D eigenvalue weighted by Gasteiger charge is 1.99. The van der Waals surface area contributed by atoms with E-state index >= 15 is 0 Å². The van der Waals surface area contributed by atoms with E-state index in [4.69, 9.17) is 10.8 Å². The van der Waals surface area contributed by atoms with E-state index in [9.17, 15) is 0 Å². The van der Waals surface area contributed by atoms with Crippen LogP contribution in [0.1, 0.15) is 5.56 Å². The molecule has 0 saturated heterocycles. The van der Waals surface area contributed by atoms with Crippen molar-refractivity contribution in [2.45, 2.75) is 11.5 Å². The third-order valence-electron chi connectivity index (χ3n) is 1.50. The maximum absolute atomic E-state index is 8.90. The van der Waals surface area contributed by atoms with Crippen LogP contribution in [0.4, 0.5) is 5.69 Å². The molecule has 0 atom stereocenters. The molecule has 66 valence electrons. The Labute approximate surface area is 76.1 Å². The summed E-state index contributed by atoms with van der Waals surface area (Å²) in [6.07, 6.45) is 0. The van der Waals surface area contributed by atoms with Gasteiger partial charge in [0.05, 0.1) is 6.61 Å². The molecule has 0 bridgehead atoms. The highest BCUT2D eigenvalue weighted by molar-refractivity contribution is 7.97. The van der Waals surface area contributed by atoms with Crippen LogP contribution in [-0.4, -0.2) is 12.2 Å². The SMILES string of the molecule is CNSc1ccc(N)c(CO)c1. The Kier molecular flexibility index (Phi) is 3.40. The molecule has 0 heterocycles. The fourth-order valence-electron chi connectivity index (χ4n) is 0.900. The standard InChI is InChI=1S/C8H12N2OS/c1-10-12-7-2-3-8(9)6(4-7)5-11/h2-4,10-11H,5,9H2,1H3. The van der Waals surface area contributed by atoms with Gasteiger partial charge in [-0.05, 0) is 37.2 Å². The third-order valence-corrected chi connectivity index (χ3v) is 2.20. The summed E-state index contributed by atoms with van der Waals surface area (Å²) in [5.74, 6) is 0. The van der Waals surface area contributed by atoms with Gasteiger partial charge in [0.15, 0.2) is 0 Å². The van der Waals surface area contributed by atoms with Crippen LogP contribution < -0.4 is 10.5 Å². The van der Waals surface area contributed by atoms with Gasteiger partial charge in [-0.15, -0.1) is 0 Å². The van der Waals surface area contributed by atoms with E-state index in [2.05, 4.69) is 4.72 Å². The first-order valence-corrected chi connectivity index (χ1v) is 4.42. The van der Waals surface area contributed by atoms with Gasteiger partial charge in [-0.1, -0.05) is 0 Å². The minimum atomic E-state index is -0.00997. The lowest BCUT2D eigenvalue weighted by Gasteiger charge is -2.04. The number of aliphatic hydroxyl groups excluding tert-OH is 1. The Morgan fingerprint density at radius 3 is 2.92 bits per heavy atom. The molecule has 4 heteroatoms. The molecule has 0 radical (unpaired) electrons. The van der Waals surface area contributed by atoms with Crippen molar-refractivity contribution < 1.29 is 5.11 Å². The summed E-state index contributed by atoms with van der Waals surface area (Å²) in [6.45, 7) is -0.00997. The van der Waals surface area contributed by atoms with E-state index in [0.717, 1.165) is 10.5 Å². The lowest BCUT2D eigenvalue weighted by Crippen LogP contribution is -1.96. The van der Waals surface area contributed by atoms with Gasteiger partial charge in [0.25, 0.3) is 0 Å². The second kappa shape index (κ2) is 4.35. The molecule has 1 rings (SSSR count). The van der Waals surface area contributed by atoms with E-state index in [-0.39, 0.29) is 6.61 Å². The number of hydrogen-bond acceptors (Lipinski definition) is 4. The maximum atomic E-state index is 8.90. The number of nitrogens with two attached hydrogens (primary N) is 1. The number of benzene rings is 1. The van der Waals surface area contributed by atoms with Gasteiger partial charge in [0, 0.05) is 16.1 Å². The second-order valence-electron chi connectivity index (χ2n) is 2.32. The molecule has 0 aliphatic rings. The first kappa shape index (κ1) is 9.38. The van der Waals surface area contributed by atoms with Crippen molar-refractivity contribution in [3.05, 3.63) is 23.8 Å². The lowest BCUT2D eigenvalue weighted by atomic mass is 10.2. The molecule has 1 aromatic rings. The van der Waals surface area contributed by atoms with Crippen molar-refractivity contribution in [3.63, 3.8) is 0 Å². The topological polar surface area (TPSA) is 58.3 Å². The highest BCUT2D eigenvalue weighted by Crippen LogP contribution is 2.20. The van der Waals surface area contributed by atoms with Gasteiger partial charge in [-0.25, -0.2) is 0 Å². The van der Waals surface area contributed by atoms with Crippen molar-refractivity contribution in [1.82, 2.24) is 4.72 Å². The Morgan fingerprint density at radius 1 is 1.58 bits per heavy atom. The monoisotopic (exact) mass is 184 g/mol. The number of nitrogen functional groups attached to an aromatic ring is 1. The number of nitrogens with one attached hydrogen (secondary N) is 1. The third kappa shape index (κ3) is 2.14. The minimum absolute atomic E-state index is 0.00997. The Hall–Kier alpha value is -0.710. The van der Waals surface area contributed by atoms with Crippen LogP contribution >= 0.6 is 11.9 Å². The molecule has 0 saturated carbocycles. The molecule has 12 heavy (non-hydrogen) atoms. The van der Waals surface area contributed by atoms with Crippen LogP contribution in [0.5, 0.6) is 0 Å². The van der Waals surface area contributed by atoms with Gasteiger partial charge in [0.1, 0.15) is 0 Å². The van der Waals surface area contributed by atoms with Crippen molar-refractivity contribution in [3.8, 4) is 0 Å². The predicted molar refractivity (Wildman–Crippen MR) is 51.7 cm³/mol. The van der Waals surface area contributed by atoms with Gasteiger partial charge < -0.3 is 10.8 Å². The number of rotatable bonds is 3. The maximum Gasteiger partial charge on any atom is 0.0702 e. The normalized spacial score (nSPS) is 10.2. The van der Waals surface area contributed by atoms with Crippen molar-refractivity contribution in [2.24, 2.45) is 0 Å². The number of hydrogen-bond donors (Lipinski definition) is 3. The number of aliphatic hydroxyl groups is 1. The van der Waals surface area contributed by atoms with Crippen LogP contribution in [0.25, 0.3) is 0 Å². The lowest BCUT2D eigenvalue weighted by molar-refractivity contribution is 0.282. The molecule has 0 unspecified atom stereocenters. The zero-order valence-electron chi connectivity index (χ0n) is 6.87. The second-order valence-corrected chi connectivity index (χ2v) is 3.41. The molecule has 3 nitrogen and oxygen atoms in total. The average Bonchev–Trinajstić information content (AvgIpc) is 2.09. The molecular weight excluding hydrogens is 172 g/mol. The first-order valence-electron chi connectivity index (χ1n) is 3.60. The Balaban J connectivity index is 2.89. The van der Waals surface area contributed by atoms with Crippen LogP contribution in [0.2, 0.25) is 0 Å². The molecule has 0 fully saturated rings. The van der Waals surface area contributed by atoms with Crippen LogP contribution in [0.3, 0.4) is 0 Å². The quantitative estimate of drug-likeness (QED) is 0.484. The summed E-state index contributed by atoms with van der Waals surface area (Å²) in [5.41, 5.74) is 7.02. The van der Waals surface area contributed by atoms with Crippen LogP contribution in [0, 0.1) is 0 Å². The predicted octanol–water partition coefficient (Wildman–Crippen LogP) is 0.988. The van der Waals surface area contributed by atoms with E-state index in [1.54, 1.807) is 6.07 Å². The summed E-state index contributed by atoms with van der Waals surface area (Å²) in [5, 5.41) is 8.90. The van der Waals surface area contributed by atoms with E-state index in [1.165, 1.54) is 11.9 Å². The fourth-order valence-corrected chi connectivity index (χ4v) is 1.47. The van der Waals surface area contributed by atoms with Crippen LogP contribution in [-0.2, 0) is 6.61 Å². The summed E-state index contributed by atoms with van der Waals surface area (Å²) in [6, 6.07) is 5.58. The van der Waals surface area contributed by atoms with E-state index in [0.29, 0.717) is 5.69 Å². The molecule has 0 aromatic heterocycles. The highest BCUT2D eigenvalue weighted by atomic mass is 32.2. The molecule has 0 aliphatic heterocycles. The van der Waals surface area contributed by atoms with E-state index < -0.39 is 0 Å². The molecule has 0 spiro atoms. The van der Waals surface area contributed by atoms with Crippen molar-refractivity contribution >= 4 is 17.6 Å². The minimum Gasteiger partial charge on any atom is -0.398 e. The first-order chi connectivity index (χ1) is 5.77. The largest absolute Gasteiger partial charge is 0.398 e. The molecular formula is C8H12N2OS. The Bertz CT molecular complexity index is 265. The zero-order chi connectivity index (χ0) is 8.97. The number of anilines is 1. The van der Waals surface area contributed by atoms with Crippen molar-refractivity contribution in [2.75, 3.05) is 12.8 Å². The van der Waals surface area contributed by atoms with E-state index in [1.807, 2.05) is 19.2 Å². The Morgan fingerprint density at radius 2 is 2.33 bits per heavy atom. The van der Waals surface area contributed by atoms with Gasteiger partial charge >= 0.3 is 0 Å². The average molecular weight is 184 g/mol. The zero-order valence-corrected chi connectivity index (χ0v) is 7.69. The molecule has 1 aromatic carbocycles. The van der Waals surface area contributed by atoms with Gasteiger partial charge in [0.2, 0.25) is 0 Å². The summed E-state index contributed by atoms with van der Waals surface area (Å²) in [7, 11) is 1.85. The summed E-state index contributed by atoms with van der Waals surface area (Å²) < 4.78 is 2.95. The summed E-state index contributed by atoms with van der Waals surface area (Å²) >= 11 is 1.50. The van der Waals surface area contributed by atoms with Crippen molar-refractivity contribution in [1.29, 1.82) is 0 Å². The van der Waals surface area contributed by atoms with Crippen LogP contribution in [0.15, 0.2) is 23.1 Å². The molecule has 4 N–H and O–H groups in total. The molecule has 0 amide bonds. The van der Waals surface area contributed by atoms with Gasteiger partial charge in [-0.2, -0.15) is 0 Å².